The summed E-state index contributed by atoms with van der Waals surface area (Å²) in [6.45, 7) is 1.75. The van der Waals surface area contributed by atoms with Crippen molar-refractivity contribution >= 4 is 34.4 Å². The average Bonchev–Trinajstić information content (AvgIpc) is 2.19. The molecule has 1 aromatic rings. The molecule has 0 saturated heterocycles. The van der Waals surface area contributed by atoms with Crippen LogP contribution in [-0.4, -0.2) is 24.4 Å². The number of nitrogens with one attached hydrogen (secondary N) is 1. The molecule has 0 radical (unpaired) electrons. The number of halogens is 1. The Bertz CT molecular complexity index is 355. The number of carbonyl (C=O) groups excluding carboxylic acids is 1. The zero-order valence-corrected chi connectivity index (χ0v) is 10.4. The smallest absolute Gasteiger partial charge is 0.411 e. The van der Waals surface area contributed by atoms with Gasteiger partial charge in [-0.1, -0.05) is 0 Å². The van der Waals surface area contributed by atoms with Crippen LogP contribution in [0.15, 0.2) is 18.2 Å². The van der Waals surface area contributed by atoms with Gasteiger partial charge in [0.2, 0.25) is 0 Å². The topological polar surface area (TPSA) is 58.6 Å². The zero-order valence-electron chi connectivity index (χ0n) is 8.29. The second-order valence-electron chi connectivity index (χ2n) is 2.94. The molecule has 0 spiro atoms. The predicted molar refractivity (Wildman–Crippen MR) is 66.0 cm³/mol. The first-order valence-electron chi connectivity index (χ1n) is 4.44. The molecule has 0 aliphatic rings. The summed E-state index contributed by atoms with van der Waals surface area (Å²) in [6, 6.07) is 5.68. The molecule has 1 rings (SSSR count). The van der Waals surface area contributed by atoms with Crippen LogP contribution < -0.4 is 5.32 Å². The van der Waals surface area contributed by atoms with Crippen LogP contribution >= 0.6 is 22.6 Å². The van der Waals surface area contributed by atoms with E-state index in [1.807, 2.05) is 25.1 Å². The van der Waals surface area contributed by atoms with Gasteiger partial charge < -0.3 is 9.84 Å². The third kappa shape index (κ3) is 4.05. The number of benzene rings is 1. The number of ether oxygens (including phenoxy) is 1. The van der Waals surface area contributed by atoms with Crippen LogP contribution in [0.5, 0.6) is 0 Å². The number of aliphatic hydroxyl groups excluding tert-OH is 1. The van der Waals surface area contributed by atoms with E-state index in [0.717, 1.165) is 14.8 Å². The number of anilines is 1. The number of rotatable bonds is 3. The van der Waals surface area contributed by atoms with Crippen molar-refractivity contribution in [2.24, 2.45) is 0 Å². The van der Waals surface area contributed by atoms with Crippen molar-refractivity contribution in [3.8, 4) is 0 Å². The Balaban J connectivity index is 2.60. The summed E-state index contributed by atoms with van der Waals surface area (Å²) in [5.74, 6) is 0. The lowest BCUT2D eigenvalue weighted by atomic mass is 10.2. The molecule has 1 aromatic carbocycles. The highest BCUT2D eigenvalue weighted by Gasteiger charge is 2.04. The van der Waals surface area contributed by atoms with Crippen molar-refractivity contribution < 1.29 is 14.6 Å². The van der Waals surface area contributed by atoms with Gasteiger partial charge in [-0.2, -0.15) is 0 Å². The lowest BCUT2D eigenvalue weighted by Crippen LogP contribution is -2.16. The number of carbonyl (C=O) groups is 1. The third-order valence-electron chi connectivity index (χ3n) is 1.75. The predicted octanol–water partition coefficient (Wildman–Crippen LogP) is 2.14. The van der Waals surface area contributed by atoms with Crippen LogP contribution in [0.3, 0.4) is 0 Å². The Kier molecular flexibility index (Phi) is 4.83. The van der Waals surface area contributed by atoms with Gasteiger partial charge in [0.05, 0.1) is 6.61 Å². The molecule has 4 nitrogen and oxygen atoms in total. The van der Waals surface area contributed by atoms with Gasteiger partial charge in [0.15, 0.2) is 0 Å². The molecule has 5 heteroatoms. The minimum absolute atomic E-state index is 0.00918. The van der Waals surface area contributed by atoms with E-state index in [4.69, 9.17) is 5.11 Å². The molecule has 82 valence electrons. The molecular weight excluding hydrogens is 309 g/mol. The fourth-order valence-electron chi connectivity index (χ4n) is 1.05. The van der Waals surface area contributed by atoms with Gasteiger partial charge in [-0.05, 0) is 53.3 Å². The molecule has 0 aliphatic carbocycles. The van der Waals surface area contributed by atoms with Crippen LogP contribution in [0.4, 0.5) is 10.5 Å². The Morgan fingerprint density at radius 3 is 2.93 bits per heavy atom. The second-order valence-corrected chi connectivity index (χ2v) is 4.19. The molecule has 0 heterocycles. The Hall–Kier alpha value is -0.820. The van der Waals surface area contributed by atoms with Crippen LogP contribution in [0.2, 0.25) is 0 Å². The number of aryl methyl sites for hydroxylation is 1. The van der Waals surface area contributed by atoms with Gasteiger partial charge >= 0.3 is 6.09 Å². The molecule has 0 aromatic heterocycles. The molecule has 0 fully saturated rings. The first-order chi connectivity index (χ1) is 7.13. The quantitative estimate of drug-likeness (QED) is 0.839. The van der Waals surface area contributed by atoms with Crippen molar-refractivity contribution in [1.29, 1.82) is 0 Å². The second kappa shape index (κ2) is 5.92. The molecule has 2 N–H and O–H groups in total. The maximum atomic E-state index is 11.2. The van der Waals surface area contributed by atoms with Crippen LogP contribution in [0.1, 0.15) is 5.56 Å². The van der Waals surface area contributed by atoms with E-state index in [1.165, 1.54) is 0 Å². The SMILES string of the molecule is Cc1cc(I)ccc1NC(=O)OCCO. The van der Waals surface area contributed by atoms with Crippen LogP contribution in [0.25, 0.3) is 0 Å². The molecule has 0 unspecified atom stereocenters. The number of amides is 1. The summed E-state index contributed by atoms with van der Waals surface area (Å²) in [5.41, 5.74) is 1.70. The fourth-order valence-corrected chi connectivity index (χ4v) is 1.70. The fraction of sp³-hybridized carbons (Fsp3) is 0.300. The maximum absolute atomic E-state index is 11.2. The van der Waals surface area contributed by atoms with E-state index in [0.29, 0.717) is 0 Å². The van der Waals surface area contributed by atoms with Crippen molar-refractivity contribution in [3.63, 3.8) is 0 Å². The third-order valence-corrected chi connectivity index (χ3v) is 2.42. The van der Waals surface area contributed by atoms with Crippen molar-refractivity contribution in [2.75, 3.05) is 18.5 Å². The summed E-state index contributed by atoms with van der Waals surface area (Å²) in [7, 11) is 0. The van der Waals surface area contributed by atoms with Gasteiger partial charge in [0, 0.05) is 9.26 Å². The highest BCUT2D eigenvalue weighted by Crippen LogP contribution is 2.17. The Labute approximate surface area is 102 Å². The lowest BCUT2D eigenvalue weighted by molar-refractivity contribution is 0.131. The molecule has 15 heavy (non-hydrogen) atoms. The monoisotopic (exact) mass is 321 g/mol. The highest BCUT2D eigenvalue weighted by molar-refractivity contribution is 14.1. The van der Waals surface area contributed by atoms with Gasteiger partial charge in [0.1, 0.15) is 6.61 Å². The van der Waals surface area contributed by atoms with Gasteiger partial charge in [0.25, 0.3) is 0 Å². The first-order valence-corrected chi connectivity index (χ1v) is 5.52. The molecule has 0 atom stereocenters. The summed E-state index contributed by atoms with van der Waals surface area (Å²) >= 11 is 2.20. The summed E-state index contributed by atoms with van der Waals surface area (Å²) < 4.78 is 5.79. The standard InChI is InChI=1S/C10H12INO3/c1-7-6-8(11)2-3-9(7)12-10(14)15-5-4-13/h2-3,6,13H,4-5H2,1H3,(H,12,14). The average molecular weight is 321 g/mol. The van der Waals surface area contributed by atoms with E-state index in [1.54, 1.807) is 0 Å². The van der Waals surface area contributed by atoms with E-state index in [9.17, 15) is 4.79 Å². The van der Waals surface area contributed by atoms with E-state index in [-0.39, 0.29) is 13.2 Å². The van der Waals surface area contributed by atoms with Crippen LogP contribution in [0, 0.1) is 10.5 Å². The lowest BCUT2D eigenvalue weighted by Gasteiger charge is -2.08. The minimum atomic E-state index is -0.548. The van der Waals surface area contributed by atoms with Crippen molar-refractivity contribution in [3.05, 3.63) is 27.3 Å². The number of aliphatic hydroxyl groups is 1. The van der Waals surface area contributed by atoms with E-state index in [2.05, 4.69) is 32.6 Å². The largest absolute Gasteiger partial charge is 0.447 e. The number of hydrogen-bond donors (Lipinski definition) is 2. The summed E-state index contributed by atoms with van der Waals surface area (Å²) in [6.07, 6.45) is -0.548. The van der Waals surface area contributed by atoms with Crippen LogP contribution in [-0.2, 0) is 4.74 Å². The van der Waals surface area contributed by atoms with Gasteiger partial charge in [-0.3, -0.25) is 5.32 Å². The normalized spacial score (nSPS) is 9.80. The Morgan fingerprint density at radius 1 is 1.60 bits per heavy atom. The summed E-state index contributed by atoms with van der Waals surface area (Å²) in [4.78, 5) is 11.2. The zero-order chi connectivity index (χ0) is 11.3. The van der Waals surface area contributed by atoms with Gasteiger partial charge in [-0.25, -0.2) is 4.79 Å². The van der Waals surface area contributed by atoms with Gasteiger partial charge in [-0.15, -0.1) is 0 Å². The van der Waals surface area contributed by atoms with E-state index < -0.39 is 6.09 Å². The summed E-state index contributed by atoms with van der Waals surface area (Å²) in [5, 5.41) is 11.1. The molecular formula is C10H12INO3. The minimum Gasteiger partial charge on any atom is -0.447 e. The molecule has 0 aliphatic heterocycles. The molecule has 1 amide bonds. The van der Waals surface area contributed by atoms with Crippen molar-refractivity contribution in [1.82, 2.24) is 0 Å². The highest BCUT2D eigenvalue weighted by atomic mass is 127. The molecule has 0 bridgehead atoms. The maximum Gasteiger partial charge on any atom is 0.411 e. The first kappa shape index (κ1) is 12.3. The number of hydrogen-bond acceptors (Lipinski definition) is 3. The van der Waals surface area contributed by atoms with Crippen molar-refractivity contribution in [2.45, 2.75) is 6.92 Å². The van der Waals surface area contributed by atoms with E-state index >= 15 is 0 Å². The molecule has 0 saturated carbocycles. The Morgan fingerprint density at radius 2 is 2.33 bits per heavy atom.